The third-order valence-corrected chi connectivity index (χ3v) is 23.5. The van der Waals surface area contributed by atoms with E-state index in [1.54, 1.807) is 0 Å². The van der Waals surface area contributed by atoms with Gasteiger partial charge in [-0.05, 0) is 83.6 Å². The van der Waals surface area contributed by atoms with Crippen molar-refractivity contribution >= 4 is 134 Å². The first kappa shape index (κ1) is 34.6. The van der Waals surface area contributed by atoms with Crippen molar-refractivity contribution in [3.05, 3.63) is 170 Å². The fourth-order valence-corrected chi connectivity index (χ4v) is 21.4. The van der Waals surface area contributed by atoms with Crippen LogP contribution < -0.4 is 60.6 Å². The van der Waals surface area contributed by atoms with Crippen molar-refractivity contribution in [2.75, 3.05) is 9.80 Å². The van der Waals surface area contributed by atoms with Gasteiger partial charge >= 0.3 is 0 Å². The van der Waals surface area contributed by atoms with Gasteiger partial charge in [-0.15, -0.1) is 0 Å². The molecule has 10 heteroatoms. The van der Waals surface area contributed by atoms with E-state index < -0.39 is 12.1 Å². The molecule has 6 heterocycles. The van der Waals surface area contributed by atoms with Crippen molar-refractivity contribution in [3.63, 3.8) is 0 Å². The van der Waals surface area contributed by atoms with Gasteiger partial charge in [0.25, 0.3) is 0 Å². The summed E-state index contributed by atoms with van der Waals surface area (Å²) in [6.07, 6.45) is 0. The second kappa shape index (κ2) is 11.6. The van der Waals surface area contributed by atoms with Crippen LogP contribution in [0.3, 0.4) is 0 Å². The molecule has 0 saturated heterocycles. The maximum Gasteiger partial charge on any atom is 0.148 e. The van der Waals surface area contributed by atoms with Crippen molar-refractivity contribution in [1.82, 2.24) is 0 Å². The van der Waals surface area contributed by atoms with E-state index in [1.165, 1.54) is 0 Å². The second-order valence-electron chi connectivity index (χ2n) is 17.0. The Bertz CT molecular complexity index is 3750. The number of fused-ring (bicyclic) bond motifs is 7. The third kappa shape index (κ3) is 3.91. The highest BCUT2D eigenvalue weighted by molar-refractivity contribution is 8.26. The van der Waals surface area contributed by atoms with Crippen molar-refractivity contribution in [1.29, 1.82) is 0 Å². The van der Waals surface area contributed by atoms with Crippen LogP contribution in [-0.2, 0) is 23.6 Å². The summed E-state index contributed by atoms with van der Waals surface area (Å²) in [4.78, 5) is 4.76. The van der Waals surface area contributed by atoms with E-state index in [0.29, 0.717) is 0 Å². The predicted octanol–water partition coefficient (Wildman–Crippen LogP) is 12.6. The van der Waals surface area contributed by atoms with E-state index in [-0.39, 0.29) is 0 Å². The first-order chi connectivity index (χ1) is 31.5. The molecule has 0 aromatic heterocycles. The van der Waals surface area contributed by atoms with Gasteiger partial charge in [0.1, 0.15) is 46.0 Å². The summed E-state index contributed by atoms with van der Waals surface area (Å²) in [5.41, 5.74) is 5.99. The lowest BCUT2D eigenvalue weighted by Crippen LogP contribution is -2.44. The maximum atomic E-state index is 7.44. The molecule has 0 spiro atoms. The minimum absolute atomic E-state index is 0.750. The predicted molar refractivity (Wildman–Crippen MR) is 268 cm³/mol. The molecule has 16 rings (SSSR count). The van der Waals surface area contributed by atoms with E-state index in [1.807, 2.05) is 0 Å². The SMILES string of the molecule is S=P12c3c4cccc3N(c3ccccc3)c3c1c(cc1c5c6c(cc31)Oc1c3c(cc7ccccc17)Oc1cccc(c1P36=S)N5c1ccccc1)Oc1c2c(cc2ccccc12)O4. The summed E-state index contributed by atoms with van der Waals surface area (Å²) in [7, 11) is 0. The molecule has 0 saturated carbocycles. The Hall–Kier alpha value is -6.92. The van der Waals surface area contributed by atoms with Gasteiger partial charge < -0.3 is 28.7 Å². The fraction of sp³-hybridized carbons (Fsp3) is 0. The van der Waals surface area contributed by atoms with Gasteiger partial charge in [-0.1, -0.05) is 121 Å². The number of nitrogens with zero attached hydrogens (tertiary/aromatic N) is 2. The smallest absolute Gasteiger partial charge is 0.148 e. The average molecular weight is 895 g/mol. The molecule has 10 aromatic carbocycles. The van der Waals surface area contributed by atoms with Crippen LogP contribution >= 0.6 is 12.1 Å². The summed E-state index contributed by atoms with van der Waals surface area (Å²) in [5, 5.41) is 12.1. The molecule has 0 amide bonds. The van der Waals surface area contributed by atoms with Gasteiger partial charge in [-0.2, -0.15) is 0 Å². The second-order valence-corrected chi connectivity index (χ2v) is 25.4. The van der Waals surface area contributed by atoms with E-state index in [0.717, 1.165) is 144 Å². The van der Waals surface area contributed by atoms with Crippen LogP contribution in [0, 0.1) is 0 Å². The Labute approximate surface area is 376 Å². The van der Waals surface area contributed by atoms with Gasteiger partial charge in [0.2, 0.25) is 0 Å². The van der Waals surface area contributed by atoms with Gasteiger partial charge in [0.15, 0.2) is 0 Å². The molecule has 0 aliphatic carbocycles. The Balaban J connectivity index is 1.13. The standard InChI is InChI=1S/C54H28N2O4P2S2/c63-61-49-37-21-11-23-39(49)57-41-25-29-13-7-9-19-33(29)47(53(41)61)59-43-28-36-35(45(51(43)61)55(37)31-15-3-1-4-16-31)27-44-52-46(36)56(32-17-5-2-6-18-32)38-22-12-24-40-50(38)62(52,64)54-42(58-40)26-30-14-8-10-20-34(30)48(54)60-44/h1-28H. The average Bonchev–Trinajstić information content (AvgIpc) is 3.32. The molecule has 0 fully saturated rings. The number of benzene rings is 10. The van der Waals surface area contributed by atoms with Crippen molar-refractivity contribution in [2.45, 2.75) is 0 Å². The zero-order valence-corrected chi connectivity index (χ0v) is 36.8. The molecule has 10 aromatic rings. The summed E-state index contributed by atoms with van der Waals surface area (Å²) < 4.78 is 28.7. The third-order valence-electron chi connectivity index (χ3n) is 13.8. The molecule has 64 heavy (non-hydrogen) atoms. The molecule has 0 bridgehead atoms. The number of para-hydroxylation sites is 2. The van der Waals surface area contributed by atoms with E-state index in [2.05, 4.69) is 180 Å². The fourth-order valence-electron chi connectivity index (χ4n) is 11.4. The molecule has 300 valence electrons. The minimum Gasteiger partial charge on any atom is -0.456 e. The Morgan fingerprint density at radius 1 is 0.328 bits per heavy atom. The minimum atomic E-state index is -2.87. The number of hydrogen-bond donors (Lipinski definition) is 0. The molecular formula is C54H28N2O4P2S2. The molecule has 6 nitrogen and oxygen atoms in total. The zero-order chi connectivity index (χ0) is 41.8. The first-order valence-electron chi connectivity index (χ1n) is 21.2. The van der Waals surface area contributed by atoms with Crippen LogP contribution in [0.4, 0.5) is 34.1 Å². The first-order valence-corrected chi connectivity index (χ1v) is 26.8. The Kier molecular flexibility index (Phi) is 6.27. The summed E-state index contributed by atoms with van der Waals surface area (Å²) >= 11 is 14.8. The van der Waals surface area contributed by atoms with Crippen LogP contribution in [0.25, 0.3) is 32.3 Å². The molecule has 6 aliphatic heterocycles. The highest BCUT2D eigenvalue weighted by atomic mass is 32.4. The van der Waals surface area contributed by atoms with E-state index in [9.17, 15) is 0 Å². The lowest BCUT2D eigenvalue weighted by Gasteiger charge is -2.48. The number of hydrogen-bond acceptors (Lipinski definition) is 8. The molecule has 0 radical (unpaired) electrons. The number of ether oxygens (including phenoxy) is 4. The summed E-state index contributed by atoms with van der Waals surface area (Å²) in [5.74, 6) is 6.14. The molecule has 6 aliphatic rings. The van der Waals surface area contributed by atoms with Crippen molar-refractivity contribution < 1.29 is 18.9 Å². The topological polar surface area (TPSA) is 43.4 Å². The van der Waals surface area contributed by atoms with Gasteiger partial charge in [0, 0.05) is 32.9 Å². The summed E-state index contributed by atoms with van der Waals surface area (Å²) in [6.45, 7) is 0. The normalized spacial score (nSPS) is 19.0. The number of anilines is 6. The quantitative estimate of drug-likeness (QED) is 0.159. The molecule has 2 unspecified atom stereocenters. The highest BCUT2D eigenvalue weighted by Gasteiger charge is 2.54. The maximum absolute atomic E-state index is 7.44. The van der Waals surface area contributed by atoms with Crippen molar-refractivity contribution in [3.8, 4) is 46.0 Å². The molecular weight excluding hydrogens is 867 g/mol. The van der Waals surface area contributed by atoms with Crippen LogP contribution in [0.2, 0.25) is 0 Å². The summed E-state index contributed by atoms with van der Waals surface area (Å²) in [6, 6.07) is 53.8. The molecule has 0 N–H and O–H groups in total. The Morgan fingerprint density at radius 3 is 1.19 bits per heavy atom. The van der Waals surface area contributed by atoms with Crippen LogP contribution in [0.1, 0.15) is 0 Å². The largest absolute Gasteiger partial charge is 0.456 e. The molecule has 2 atom stereocenters. The van der Waals surface area contributed by atoms with Gasteiger partial charge in [-0.25, -0.2) is 0 Å². The van der Waals surface area contributed by atoms with E-state index >= 15 is 0 Å². The van der Waals surface area contributed by atoms with Gasteiger partial charge in [-0.3, -0.25) is 0 Å². The van der Waals surface area contributed by atoms with Crippen LogP contribution in [0.15, 0.2) is 170 Å². The van der Waals surface area contributed by atoms with Crippen molar-refractivity contribution in [2.24, 2.45) is 0 Å². The van der Waals surface area contributed by atoms with Crippen LogP contribution in [0.5, 0.6) is 46.0 Å². The lowest BCUT2D eigenvalue weighted by atomic mass is 10.00. The van der Waals surface area contributed by atoms with E-state index in [4.69, 9.17) is 42.6 Å². The Morgan fingerprint density at radius 2 is 0.734 bits per heavy atom. The monoisotopic (exact) mass is 894 g/mol. The number of rotatable bonds is 2. The lowest BCUT2D eigenvalue weighted by molar-refractivity contribution is 0.469. The highest BCUT2D eigenvalue weighted by Crippen LogP contribution is 2.70. The van der Waals surface area contributed by atoms with Gasteiger partial charge in [0.05, 0.1) is 66.7 Å². The van der Waals surface area contributed by atoms with Crippen LogP contribution in [-0.4, -0.2) is 0 Å². The zero-order valence-electron chi connectivity index (χ0n) is 33.4.